The lowest BCUT2D eigenvalue weighted by Gasteiger charge is -2.03. The van der Waals surface area contributed by atoms with E-state index < -0.39 is 0 Å². The minimum atomic E-state index is 0.549. The third kappa shape index (κ3) is 2.13. The first-order valence-corrected chi connectivity index (χ1v) is 6.26. The van der Waals surface area contributed by atoms with Gasteiger partial charge in [-0.15, -0.1) is 0 Å². The van der Waals surface area contributed by atoms with E-state index in [9.17, 15) is 0 Å². The van der Waals surface area contributed by atoms with Crippen LogP contribution >= 0.6 is 11.6 Å². The summed E-state index contributed by atoms with van der Waals surface area (Å²) in [4.78, 5) is 4.43. The molecule has 0 fully saturated rings. The number of benzene rings is 1. The lowest BCUT2D eigenvalue weighted by molar-refractivity contribution is 0.786. The van der Waals surface area contributed by atoms with E-state index >= 15 is 0 Å². The molecule has 0 spiro atoms. The number of fused-ring (bicyclic) bond motifs is 1. The number of rotatable bonds is 2. The van der Waals surface area contributed by atoms with Gasteiger partial charge in [0.25, 0.3) is 0 Å². The molecule has 0 aliphatic heterocycles. The SMILES string of the molecule is C=C(Cl)c1ccc(-c2cnc3c(cnn3C)c2)cc1. The topological polar surface area (TPSA) is 30.7 Å². The van der Waals surface area contributed by atoms with Gasteiger partial charge in [0.15, 0.2) is 5.65 Å². The normalized spacial score (nSPS) is 10.8. The molecule has 0 saturated heterocycles. The lowest BCUT2D eigenvalue weighted by Crippen LogP contribution is -1.91. The largest absolute Gasteiger partial charge is 0.250 e. The minimum Gasteiger partial charge on any atom is -0.250 e. The van der Waals surface area contributed by atoms with Crippen molar-refractivity contribution in [1.29, 1.82) is 0 Å². The Morgan fingerprint density at radius 3 is 2.58 bits per heavy atom. The first kappa shape index (κ1) is 11.9. The monoisotopic (exact) mass is 269 g/mol. The third-order valence-electron chi connectivity index (χ3n) is 3.10. The van der Waals surface area contributed by atoms with Crippen LogP contribution in [0.2, 0.25) is 0 Å². The lowest BCUT2D eigenvalue weighted by atomic mass is 10.0. The molecule has 3 aromatic rings. The molecule has 0 unspecified atom stereocenters. The van der Waals surface area contributed by atoms with E-state index in [0.717, 1.165) is 27.7 Å². The summed E-state index contributed by atoms with van der Waals surface area (Å²) in [5.74, 6) is 0. The van der Waals surface area contributed by atoms with Gasteiger partial charge < -0.3 is 0 Å². The fourth-order valence-electron chi connectivity index (χ4n) is 2.04. The van der Waals surface area contributed by atoms with Crippen LogP contribution in [-0.4, -0.2) is 14.8 Å². The molecule has 19 heavy (non-hydrogen) atoms. The van der Waals surface area contributed by atoms with Gasteiger partial charge in [0.1, 0.15) is 0 Å². The second-order valence-electron chi connectivity index (χ2n) is 4.39. The van der Waals surface area contributed by atoms with Crippen LogP contribution in [0.25, 0.3) is 27.2 Å². The van der Waals surface area contributed by atoms with Crippen molar-refractivity contribution in [2.24, 2.45) is 7.05 Å². The fourth-order valence-corrected chi connectivity index (χ4v) is 2.17. The Labute approximate surface area is 116 Å². The number of hydrogen-bond donors (Lipinski definition) is 0. The Morgan fingerprint density at radius 1 is 1.16 bits per heavy atom. The van der Waals surface area contributed by atoms with Crippen molar-refractivity contribution < 1.29 is 0 Å². The molecule has 94 valence electrons. The van der Waals surface area contributed by atoms with Crippen LogP contribution in [0.1, 0.15) is 5.56 Å². The molecule has 3 rings (SSSR count). The maximum Gasteiger partial charge on any atom is 0.157 e. The number of aromatic nitrogens is 3. The van der Waals surface area contributed by atoms with E-state index in [4.69, 9.17) is 11.6 Å². The Balaban J connectivity index is 2.05. The van der Waals surface area contributed by atoms with E-state index in [1.54, 1.807) is 4.68 Å². The molecule has 1 aromatic carbocycles. The van der Waals surface area contributed by atoms with E-state index in [0.29, 0.717) is 5.03 Å². The van der Waals surface area contributed by atoms with Crippen molar-refractivity contribution >= 4 is 27.7 Å². The Hall–Kier alpha value is -2.13. The first-order valence-electron chi connectivity index (χ1n) is 5.88. The summed E-state index contributed by atoms with van der Waals surface area (Å²) in [5, 5.41) is 5.77. The predicted octanol–water partition coefficient (Wildman–Crippen LogP) is 3.84. The van der Waals surface area contributed by atoms with Gasteiger partial charge in [0.05, 0.1) is 6.20 Å². The number of nitrogens with zero attached hydrogens (tertiary/aromatic N) is 3. The Bertz CT molecular complexity index is 757. The van der Waals surface area contributed by atoms with Gasteiger partial charge in [-0.1, -0.05) is 42.4 Å². The van der Waals surface area contributed by atoms with Gasteiger partial charge in [0, 0.05) is 29.2 Å². The summed E-state index contributed by atoms with van der Waals surface area (Å²) < 4.78 is 1.76. The molecule has 0 aliphatic carbocycles. The maximum absolute atomic E-state index is 5.86. The third-order valence-corrected chi connectivity index (χ3v) is 3.32. The summed E-state index contributed by atoms with van der Waals surface area (Å²) >= 11 is 5.86. The highest BCUT2D eigenvalue weighted by atomic mass is 35.5. The Kier molecular flexibility index (Phi) is 2.84. The summed E-state index contributed by atoms with van der Waals surface area (Å²) in [6, 6.07) is 10.0. The van der Waals surface area contributed by atoms with Gasteiger partial charge in [-0.2, -0.15) is 5.10 Å². The molecular formula is C15H12ClN3. The van der Waals surface area contributed by atoms with Gasteiger partial charge >= 0.3 is 0 Å². The molecular weight excluding hydrogens is 258 g/mol. The van der Waals surface area contributed by atoms with E-state index in [-0.39, 0.29) is 0 Å². The molecule has 0 amide bonds. The summed E-state index contributed by atoms with van der Waals surface area (Å²) in [6.07, 6.45) is 3.68. The average Bonchev–Trinajstić information content (AvgIpc) is 2.80. The van der Waals surface area contributed by atoms with Gasteiger partial charge in [-0.05, 0) is 17.2 Å². The smallest absolute Gasteiger partial charge is 0.157 e. The summed E-state index contributed by atoms with van der Waals surface area (Å²) in [7, 11) is 1.88. The van der Waals surface area contributed by atoms with Crippen LogP contribution in [-0.2, 0) is 7.05 Å². The summed E-state index contributed by atoms with van der Waals surface area (Å²) in [5.41, 5.74) is 3.97. The van der Waals surface area contributed by atoms with Crippen molar-refractivity contribution in [3.63, 3.8) is 0 Å². The quantitative estimate of drug-likeness (QED) is 0.708. The van der Waals surface area contributed by atoms with Crippen molar-refractivity contribution in [2.45, 2.75) is 0 Å². The van der Waals surface area contributed by atoms with Crippen molar-refractivity contribution in [2.75, 3.05) is 0 Å². The molecule has 0 bridgehead atoms. The zero-order valence-electron chi connectivity index (χ0n) is 10.5. The van der Waals surface area contributed by atoms with Crippen LogP contribution in [0.4, 0.5) is 0 Å². The highest BCUT2D eigenvalue weighted by Gasteiger charge is 2.04. The van der Waals surface area contributed by atoms with E-state index in [1.165, 1.54) is 0 Å². The molecule has 2 heterocycles. The summed E-state index contributed by atoms with van der Waals surface area (Å²) in [6.45, 7) is 3.71. The number of aryl methyl sites for hydroxylation is 1. The number of hydrogen-bond acceptors (Lipinski definition) is 2. The van der Waals surface area contributed by atoms with E-state index in [1.807, 2.05) is 43.7 Å². The van der Waals surface area contributed by atoms with Crippen molar-refractivity contribution in [1.82, 2.24) is 14.8 Å². The van der Waals surface area contributed by atoms with Crippen molar-refractivity contribution in [3.05, 3.63) is 54.9 Å². The van der Waals surface area contributed by atoms with Gasteiger partial charge in [-0.25, -0.2) is 4.98 Å². The van der Waals surface area contributed by atoms with Crippen LogP contribution in [0.3, 0.4) is 0 Å². The molecule has 3 nitrogen and oxygen atoms in total. The molecule has 0 saturated carbocycles. The fraction of sp³-hybridized carbons (Fsp3) is 0.0667. The maximum atomic E-state index is 5.86. The second-order valence-corrected chi connectivity index (χ2v) is 4.84. The molecule has 0 radical (unpaired) electrons. The molecule has 0 aliphatic rings. The molecule has 0 N–H and O–H groups in total. The van der Waals surface area contributed by atoms with Crippen LogP contribution in [0, 0.1) is 0 Å². The second kappa shape index (κ2) is 4.52. The van der Waals surface area contributed by atoms with E-state index in [2.05, 4.69) is 22.7 Å². The average molecular weight is 270 g/mol. The standard InChI is InChI=1S/C15H12ClN3/c1-10(16)11-3-5-12(6-4-11)13-7-14-9-18-19(2)15(14)17-8-13/h3-9H,1H2,2H3. The van der Waals surface area contributed by atoms with Crippen molar-refractivity contribution in [3.8, 4) is 11.1 Å². The highest BCUT2D eigenvalue weighted by molar-refractivity contribution is 6.48. The number of halogens is 1. The molecule has 2 aromatic heterocycles. The zero-order valence-corrected chi connectivity index (χ0v) is 11.2. The van der Waals surface area contributed by atoms with Crippen LogP contribution in [0.15, 0.2) is 49.3 Å². The molecule has 4 heteroatoms. The van der Waals surface area contributed by atoms with Crippen LogP contribution < -0.4 is 0 Å². The van der Waals surface area contributed by atoms with Gasteiger partial charge in [-0.3, -0.25) is 4.68 Å². The van der Waals surface area contributed by atoms with Crippen LogP contribution in [0.5, 0.6) is 0 Å². The zero-order chi connectivity index (χ0) is 13.4. The highest BCUT2D eigenvalue weighted by Crippen LogP contribution is 2.25. The minimum absolute atomic E-state index is 0.549. The predicted molar refractivity (Wildman–Crippen MR) is 78.8 cm³/mol. The first-order chi connectivity index (χ1) is 9.15. The van der Waals surface area contributed by atoms with Gasteiger partial charge in [0.2, 0.25) is 0 Å². The molecule has 0 atom stereocenters. The number of pyridine rings is 1. The Morgan fingerprint density at radius 2 is 1.89 bits per heavy atom.